The Balaban J connectivity index is 1.46. The summed E-state index contributed by atoms with van der Waals surface area (Å²) in [6.07, 6.45) is 1.16. The molecule has 40 heavy (non-hydrogen) atoms. The Kier molecular flexibility index (Phi) is 6.98. The van der Waals surface area contributed by atoms with E-state index in [1.165, 1.54) is 43.1 Å². The van der Waals surface area contributed by atoms with Gasteiger partial charge in [-0.15, -0.1) is 0 Å². The first-order chi connectivity index (χ1) is 19.4. The van der Waals surface area contributed by atoms with Gasteiger partial charge in [0.2, 0.25) is 0 Å². The monoisotopic (exact) mass is 537 g/mol. The van der Waals surface area contributed by atoms with E-state index in [0.29, 0.717) is 5.92 Å². The largest absolute Gasteiger partial charge is 0.362 e. The van der Waals surface area contributed by atoms with Crippen LogP contribution >= 0.6 is 0 Å². The first-order valence-corrected chi connectivity index (χ1v) is 16.5. The molecule has 1 aliphatic heterocycles. The summed E-state index contributed by atoms with van der Waals surface area (Å²) in [6, 6.07) is 50.1. The molecular formula is C38H39NSi. The highest BCUT2D eigenvalue weighted by Crippen LogP contribution is 2.44. The van der Waals surface area contributed by atoms with Gasteiger partial charge >= 0.3 is 0 Å². The minimum atomic E-state index is -2.49. The molecule has 0 N–H and O–H groups in total. The second-order valence-corrected chi connectivity index (χ2v) is 15.9. The normalized spacial score (nSPS) is 16.4. The van der Waals surface area contributed by atoms with Gasteiger partial charge in [0.05, 0.1) is 0 Å². The third-order valence-corrected chi connectivity index (χ3v) is 13.7. The molecule has 0 saturated carbocycles. The van der Waals surface area contributed by atoms with Crippen molar-refractivity contribution in [3.05, 3.63) is 150 Å². The van der Waals surface area contributed by atoms with Crippen LogP contribution < -0.4 is 25.6 Å². The molecular weight excluding hydrogens is 499 g/mol. The van der Waals surface area contributed by atoms with E-state index in [0.717, 1.165) is 13.0 Å². The van der Waals surface area contributed by atoms with Crippen LogP contribution in [0.4, 0.5) is 5.69 Å². The van der Waals surface area contributed by atoms with Crippen LogP contribution in [0.3, 0.4) is 0 Å². The molecule has 1 nitrogen and oxygen atoms in total. The van der Waals surface area contributed by atoms with E-state index in [1.54, 1.807) is 0 Å². The van der Waals surface area contributed by atoms with E-state index >= 15 is 0 Å². The molecule has 2 heteroatoms. The summed E-state index contributed by atoms with van der Waals surface area (Å²) in [7, 11) is -2.49. The highest BCUT2D eigenvalue weighted by Gasteiger charge is 2.41. The molecule has 0 bridgehead atoms. The van der Waals surface area contributed by atoms with Crippen LogP contribution in [-0.4, -0.2) is 13.6 Å². The van der Waals surface area contributed by atoms with Gasteiger partial charge in [-0.3, -0.25) is 0 Å². The van der Waals surface area contributed by atoms with E-state index in [9.17, 15) is 0 Å². The molecule has 6 rings (SSSR count). The van der Waals surface area contributed by atoms with Crippen LogP contribution in [0.2, 0.25) is 0 Å². The maximum Gasteiger partial charge on any atom is 0.179 e. The van der Waals surface area contributed by atoms with Crippen molar-refractivity contribution in [3.8, 4) is 0 Å². The van der Waals surface area contributed by atoms with Crippen molar-refractivity contribution < 1.29 is 0 Å². The van der Waals surface area contributed by atoms with Crippen LogP contribution in [-0.2, 0) is 6.54 Å². The van der Waals surface area contributed by atoms with Crippen molar-refractivity contribution in [3.63, 3.8) is 0 Å². The molecule has 200 valence electrons. The predicted molar refractivity (Wildman–Crippen MR) is 175 cm³/mol. The number of nitrogens with zero attached hydrogens (tertiary/aromatic N) is 1. The SMILES string of the molecule is Cc1ccc2c(c1)N(Cc1ccc([Si](c3ccccc3)(c3ccccc3)c3ccccc3)cc1)C(C)(C)CC2C. The Morgan fingerprint density at radius 3 is 1.62 bits per heavy atom. The Morgan fingerprint density at radius 1 is 0.650 bits per heavy atom. The first-order valence-electron chi connectivity index (χ1n) is 14.5. The number of aryl methyl sites for hydroxylation is 1. The molecule has 1 aliphatic rings. The number of benzene rings is 5. The van der Waals surface area contributed by atoms with Gasteiger partial charge in [-0.05, 0) is 76.6 Å². The van der Waals surface area contributed by atoms with Gasteiger partial charge in [0.1, 0.15) is 0 Å². The van der Waals surface area contributed by atoms with Crippen LogP contribution in [0, 0.1) is 6.92 Å². The highest BCUT2D eigenvalue weighted by atomic mass is 28.3. The quantitative estimate of drug-likeness (QED) is 0.173. The fourth-order valence-corrected chi connectivity index (χ4v) is 11.8. The van der Waals surface area contributed by atoms with Crippen molar-refractivity contribution in [2.45, 2.75) is 52.1 Å². The summed E-state index contributed by atoms with van der Waals surface area (Å²) in [5, 5.41) is 5.66. The molecule has 0 saturated heterocycles. The topological polar surface area (TPSA) is 3.24 Å². The maximum absolute atomic E-state index is 2.64. The number of hydrogen-bond acceptors (Lipinski definition) is 1. The van der Waals surface area contributed by atoms with Crippen LogP contribution in [0.1, 0.15) is 49.8 Å². The number of fused-ring (bicyclic) bond motifs is 1. The third-order valence-electron chi connectivity index (χ3n) is 8.89. The Labute approximate surface area is 241 Å². The van der Waals surface area contributed by atoms with Crippen molar-refractivity contribution in [2.75, 3.05) is 4.90 Å². The van der Waals surface area contributed by atoms with E-state index in [-0.39, 0.29) is 5.54 Å². The standard InChI is InChI=1S/C38H39NSi/c1-29-20-25-36-30(2)27-38(3,4)39(37(36)26-29)28-31-21-23-35(24-22-31)40(32-14-8-5-9-15-32,33-16-10-6-11-17-33)34-18-12-7-13-19-34/h5-26,30H,27-28H2,1-4H3. The van der Waals surface area contributed by atoms with E-state index in [2.05, 4.69) is 166 Å². The minimum absolute atomic E-state index is 0.0928. The molecule has 1 atom stereocenters. The Bertz CT molecular complexity index is 1480. The van der Waals surface area contributed by atoms with Gasteiger partial charge in [0.25, 0.3) is 0 Å². The lowest BCUT2D eigenvalue weighted by molar-refractivity contribution is 0.374. The van der Waals surface area contributed by atoms with Crippen LogP contribution in [0.25, 0.3) is 0 Å². The van der Waals surface area contributed by atoms with Crippen molar-refractivity contribution in [1.29, 1.82) is 0 Å². The van der Waals surface area contributed by atoms with Gasteiger partial charge in [0.15, 0.2) is 8.07 Å². The first kappa shape index (κ1) is 26.3. The summed E-state index contributed by atoms with van der Waals surface area (Å²) >= 11 is 0. The van der Waals surface area contributed by atoms with Crippen LogP contribution in [0.15, 0.2) is 133 Å². The van der Waals surface area contributed by atoms with Gasteiger partial charge < -0.3 is 4.90 Å². The lowest BCUT2D eigenvalue weighted by Gasteiger charge is -2.48. The molecule has 0 amide bonds. The molecule has 0 spiro atoms. The van der Waals surface area contributed by atoms with Crippen molar-refractivity contribution >= 4 is 34.5 Å². The highest BCUT2D eigenvalue weighted by molar-refractivity contribution is 7.19. The van der Waals surface area contributed by atoms with Crippen molar-refractivity contribution in [2.24, 2.45) is 0 Å². The van der Waals surface area contributed by atoms with E-state index < -0.39 is 8.07 Å². The minimum Gasteiger partial charge on any atom is -0.362 e. The van der Waals surface area contributed by atoms with Crippen molar-refractivity contribution in [1.82, 2.24) is 0 Å². The zero-order valence-electron chi connectivity index (χ0n) is 24.1. The fourth-order valence-electron chi connectivity index (χ4n) is 7.01. The molecule has 0 aromatic heterocycles. The zero-order valence-corrected chi connectivity index (χ0v) is 25.1. The average Bonchev–Trinajstić information content (AvgIpc) is 2.98. The Hall–Kier alpha value is -3.88. The number of hydrogen-bond donors (Lipinski definition) is 0. The van der Waals surface area contributed by atoms with Gasteiger partial charge in [0, 0.05) is 17.8 Å². The number of rotatable bonds is 6. The second kappa shape index (κ2) is 10.6. The summed E-state index contributed by atoms with van der Waals surface area (Å²) in [5.74, 6) is 0.568. The van der Waals surface area contributed by atoms with E-state index in [1.807, 2.05) is 0 Å². The van der Waals surface area contributed by atoms with Gasteiger partial charge in [-0.2, -0.15) is 0 Å². The van der Waals surface area contributed by atoms with E-state index in [4.69, 9.17) is 0 Å². The summed E-state index contributed by atoms with van der Waals surface area (Å²) in [4.78, 5) is 2.64. The summed E-state index contributed by atoms with van der Waals surface area (Å²) < 4.78 is 0. The van der Waals surface area contributed by atoms with Gasteiger partial charge in [-0.25, -0.2) is 0 Å². The molecule has 0 fully saturated rings. The molecule has 5 aromatic rings. The lowest BCUT2D eigenvalue weighted by Crippen LogP contribution is -2.74. The lowest BCUT2D eigenvalue weighted by atomic mass is 9.79. The maximum atomic E-state index is 2.64. The zero-order chi connectivity index (χ0) is 27.7. The number of anilines is 1. The van der Waals surface area contributed by atoms with Gasteiger partial charge in [-0.1, -0.05) is 134 Å². The summed E-state index contributed by atoms with van der Waals surface area (Å²) in [6.45, 7) is 10.3. The summed E-state index contributed by atoms with van der Waals surface area (Å²) in [5.41, 5.74) is 5.65. The molecule has 5 aromatic carbocycles. The fraction of sp³-hybridized carbons (Fsp3) is 0.211. The molecule has 1 heterocycles. The predicted octanol–water partition coefficient (Wildman–Crippen LogP) is 6.66. The third kappa shape index (κ3) is 4.61. The molecule has 1 unspecified atom stereocenters. The Morgan fingerprint density at radius 2 is 1.12 bits per heavy atom. The molecule has 0 aliphatic carbocycles. The average molecular weight is 538 g/mol. The molecule has 0 radical (unpaired) electrons. The smallest absolute Gasteiger partial charge is 0.179 e. The second-order valence-electron chi connectivity index (χ2n) is 12.1. The van der Waals surface area contributed by atoms with Crippen LogP contribution in [0.5, 0.6) is 0 Å².